The fraction of sp³-hybridized carbons (Fsp3) is 0.615. The van der Waals surface area contributed by atoms with Crippen LogP contribution in [0.5, 0.6) is 0 Å². The average Bonchev–Trinajstić information content (AvgIpc) is 2.72. The Morgan fingerprint density at radius 3 is 2.53 bits per heavy atom. The third kappa shape index (κ3) is 4.23. The molecule has 1 heterocycles. The molecule has 0 spiro atoms. The van der Waals surface area contributed by atoms with E-state index in [2.05, 4.69) is 5.32 Å². The second-order valence-electron chi connectivity index (χ2n) is 4.52. The largest absolute Gasteiger partial charge is 0.466 e. The lowest BCUT2D eigenvalue weighted by Crippen LogP contribution is -2.39. The quantitative estimate of drug-likeness (QED) is 0.789. The number of amides is 1. The Balaban J connectivity index is 2.59. The van der Waals surface area contributed by atoms with Gasteiger partial charge < -0.3 is 15.5 Å². The molecular formula is C13H22N2O2. The summed E-state index contributed by atoms with van der Waals surface area (Å²) in [6.07, 6.45) is 1.43. The van der Waals surface area contributed by atoms with E-state index >= 15 is 0 Å². The van der Waals surface area contributed by atoms with Crippen molar-refractivity contribution in [2.45, 2.75) is 39.7 Å². The van der Waals surface area contributed by atoms with Crippen LogP contribution >= 0.6 is 0 Å². The Hall–Kier alpha value is -1.29. The first-order chi connectivity index (χ1) is 8.06. The van der Waals surface area contributed by atoms with E-state index in [4.69, 9.17) is 10.2 Å². The highest BCUT2D eigenvalue weighted by Gasteiger charge is 2.19. The zero-order valence-corrected chi connectivity index (χ0v) is 10.8. The maximum atomic E-state index is 11.8. The van der Waals surface area contributed by atoms with Gasteiger partial charge in [-0.05, 0) is 26.0 Å². The van der Waals surface area contributed by atoms with E-state index in [1.165, 1.54) is 0 Å². The molecule has 1 unspecified atom stereocenters. The highest BCUT2D eigenvalue weighted by atomic mass is 16.3. The van der Waals surface area contributed by atoms with Gasteiger partial charge in [0, 0.05) is 25.4 Å². The fourth-order valence-electron chi connectivity index (χ4n) is 1.65. The zero-order valence-electron chi connectivity index (χ0n) is 10.8. The lowest BCUT2D eigenvalue weighted by atomic mass is 10.0. The van der Waals surface area contributed by atoms with E-state index in [-0.39, 0.29) is 17.9 Å². The third-order valence-corrected chi connectivity index (χ3v) is 2.60. The van der Waals surface area contributed by atoms with Crippen LogP contribution in [-0.4, -0.2) is 18.5 Å². The summed E-state index contributed by atoms with van der Waals surface area (Å²) in [4.78, 5) is 11.8. The van der Waals surface area contributed by atoms with Crippen LogP contribution in [0.2, 0.25) is 0 Å². The zero-order chi connectivity index (χ0) is 12.8. The summed E-state index contributed by atoms with van der Waals surface area (Å²) in [5.41, 5.74) is 5.63. The molecule has 1 amide bonds. The van der Waals surface area contributed by atoms with Gasteiger partial charge in [-0.2, -0.15) is 0 Å². The molecule has 1 atom stereocenters. The molecule has 0 aliphatic heterocycles. The molecule has 0 aromatic carbocycles. The molecule has 4 heteroatoms. The molecular weight excluding hydrogens is 216 g/mol. The predicted octanol–water partition coefficient (Wildman–Crippen LogP) is 1.48. The third-order valence-electron chi connectivity index (χ3n) is 2.60. The van der Waals surface area contributed by atoms with Crippen LogP contribution in [0, 0.1) is 5.92 Å². The second-order valence-corrected chi connectivity index (χ2v) is 4.52. The molecule has 0 aliphatic carbocycles. The maximum absolute atomic E-state index is 11.8. The van der Waals surface area contributed by atoms with E-state index in [0.717, 1.165) is 17.9 Å². The number of carbonyl (C=O) groups is 1. The summed E-state index contributed by atoms with van der Waals surface area (Å²) < 4.78 is 5.58. The molecule has 0 fully saturated rings. The van der Waals surface area contributed by atoms with Crippen LogP contribution in [0.3, 0.4) is 0 Å². The van der Waals surface area contributed by atoms with Crippen LogP contribution in [0.25, 0.3) is 0 Å². The topological polar surface area (TPSA) is 68.3 Å². The molecule has 17 heavy (non-hydrogen) atoms. The van der Waals surface area contributed by atoms with Gasteiger partial charge in [0.15, 0.2) is 0 Å². The number of hydrogen-bond donors (Lipinski definition) is 2. The minimum atomic E-state index is -0.215. The van der Waals surface area contributed by atoms with E-state index in [9.17, 15) is 4.79 Å². The van der Waals surface area contributed by atoms with E-state index in [1.54, 1.807) is 0 Å². The monoisotopic (exact) mass is 238 g/mol. The smallest absolute Gasteiger partial charge is 0.225 e. The lowest BCUT2D eigenvalue weighted by Gasteiger charge is -2.15. The number of rotatable bonds is 6. The summed E-state index contributed by atoms with van der Waals surface area (Å²) in [5, 5.41) is 2.87. The van der Waals surface area contributed by atoms with Gasteiger partial charge in [-0.3, -0.25) is 4.79 Å². The van der Waals surface area contributed by atoms with Crippen molar-refractivity contribution in [3.8, 4) is 0 Å². The molecule has 0 saturated heterocycles. The van der Waals surface area contributed by atoms with E-state index < -0.39 is 0 Å². The summed E-state index contributed by atoms with van der Waals surface area (Å²) in [6, 6.07) is 4.01. The van der Waals surface area contributed by atoms with E-state index in [1.807, 2.05) is 32.9 Å². The molecule has 0 bridgehead atoms. The molecule has 1 rings (SSSR count). The van der Waals surface area contributed by atoms with Crippen molar-refractivity contribution >= 4 is 5.91 Å². The molecule has 0 radical (unpaired) electrons. The Labute approximate surface area is 103 Å². The number of hydrogen-bond acceptors (Lipinski definition) is 3. The van der Waals surface area contributed by atoms with Gasteiger partial charge in [-0.15, -0.1) is 0 Å². The van der Waals surface area contributed by atoms with Crippen LogP contribution in [-0.2, 0) is 17.6 Å². The number of nitrogens with one attached hydrogen (secondary N) is 1. The predicted molar refractivity (Wildman–Crippen MR) is 67.6 cm³/mol. The second kappa shape index (κ2) is 6.45. The highest BCUT2D eigenvalue weighted by Crippen LogP contribution is 2.13. The van der Waals surface area contributed by atoms with Crippen LogP contribution in [0.1, 0.15) is 32.3 Å². The van der Waals surface area contributed by atoms with Gasteiger partial charge in [0.05, 0.1) is 5.92 Å². The van der Waals surface area contributed by atoms with Crippen LogP contribution < -0.4 is 11.1 Å². The van der Waals surface area contributed by atoms with Gasteiger partial charge in [-0.25, -0.2) is 0 Å². The molecule has 96 valence electrons. The van der Waals surface area contributed by atoms with Gasteiger partial charge >= 0.3 is 0 Å². The lowest BCUT2D eigenvalue weighted by molar-refractivity contribution is -0.125. The Kier molecular flexibility index (Phi) is 5.22. The van der Waals surface area contributed by atoms with Crippen molar-refractivity contribution in [1.82, 2.24) is 5.32 Å². The maximum Gasteiger partial charge on any atom is 0.225 e. The Morgan fingerprint density at radius 2 is 2.06 bits per heavy atom. The molecule has 4 nitrogen and oxygen atoms in total. The molecule has 0 aliphatic rings. The van der Waals surface area contributed by atoms with Gasteiger partial charge in [0.2, 0.25) is 5.91 Å². The summed E-state index contributed by atoms with van der Waals surface area (Å²) in [7, 11) is 0. The first-order valence-corrected chi connectivity index (χ1v) is 6.14. The number of nitrogens with two attached hydrogens (primary N) is 1. The first-order valence-electron chi connectivity index (χ1n) is 6.14. The molecule has 3 N–H and O–H groups in total. The van der Waals surface area contributed by atoms with Crippen molar-refractivity contribution < 1.29 is 9.21 Å². The van der Waals surface area contributed by atoms with Gasteiger partial charge in [-0.1, -0.05) is 6.92 Å². The highest BCUT2D eigenvalue weighted by molar-refractivity contribution is 5.79. The summed E-state index contributed by atoms with van der Waals surface area (Å²) in [5.74, 6) is 1.56. The van der Waals surface area contributed by atoms with Crippen molar-refractivity contribution in [2.75, 3.05) is 6.54 Å². The average molecular weight is 238 g/mol. The minimum absolute atomic E-state index is 0.00283. The number of aryl methyl sites for hydroxylation is 1. The van der Waals surface area contributed by atoms with Crippen LogP contribution in [0.4, 0.5) is 0 Å². The normalized spacial score (nSPS) is 12.8. The van der Waals surface area contributed by atoms with Crippen molar-refractivity contribution in [3.63, 3.8) is 0 Å². The summed E-state index contributed by atoms with van der Waals surface area (Å²) >= 11 is 0. The molecule has 1 aromatic heterocycles. The Morgan fingerprint density at radius 1 is 1.41 bits per heavy atom. The molecule has 1 aromatic rings. The fourth-order valence-corrected chi connectivity index (χ4v) is 1.65. The van der Waals surface area contributed by atoms with Gasteiger partial charge in [0.1, 0.15) is 11.5 Å². The molecule has 0 saturated carbocycles. The standard InChI is InChI=1S/C13H22N2O2/c1-4-11-5-6-12(17-11)7-10(8-14)13(16)15-9(2)3/h5-6,9-10H,4,7-8,14H2,1-3H3,(H,15,16). The summed E-state index contributed by atoms with van der Waals surface area (Å²) in [6.45, 7) is 6.25. The van der Waals surface area contributed by atoms with E-state index in [0.29, 0.717) is 13.0 Å². The van der Waals surface area contributed by atoms with Crippen LogP contribution in [0.15, 0.2) is 16.5 Å². The van der Waals surface area contributed by atoms with Crippen molar-refractivity contribution in [1.29, 1.82) is 0 Å². The van der Waals surface area contributed by atoms with Crippen molar-refractivity contribution in [3.05, 3.63) is 23.7 Å². The SMILES string of the molecule is CCc1ccc(CC(CN)C(=O)NC(C)C)o1. The minimum Gasteiger partial charge on any atom is -0.466 e. The number of carbonyl (C=O) groups excluding carboxylic acids is 1. The Bertz CT molecular complexity index is 358. The number of furan rings is 1. The van der Waals surface area contributed by atoms with Gasteiger partial charge in [0.25, 0.3) is 0 Å². The first kappa shape index (κ1) is 13.8. The van der Waals surface area contributed by atoms with Crippen molar-refractivity contribution in [2.24, 2.45) is 11.7 Å².